The van der Waals surface area contributed by atoms with E-state index in [0.29, 0.717) is 18.6 Å². The molecule has 0 spiro atoms. The zero-order valence-corrected chi connectivity index (χ0v) is 11.0. The second kappa shape index (κ2) is 5.61. The van der Waals surface area contributed by atoms with Crippen molar-refractivity contribution in [3.8, 4) is 0 Å². The predicted octanol–water partition coefficient (Wildman–Crippen LogP) is 2.04. The summed E-state index contributed by atoms with van der Waals surface area (Å²) < 4.78 is 12.7. The third-order valence-electron chi connectivity index (χ3n) is 2.95. The molecule has 0 atom stereocenters. The summed E-state index contributed by atoms with van der Waals surface area (Å²) in [4.78, 5) is 23.4. The van der Waals surface area contributed by atoms with Gasteiger partial charge in [0.25, 0.3) is 0 Å². The van der Waals surface area contributed by atoms with E-state index in [1.54, 1.807) is 12.1 Å². The molecular weight excluding hydrogens is 269 g/mol. The lowest BCUT2D eigenvalue weighted by Crippen LogP contribution is -2.43. The molecule has 0 bridgehead atoms. The lowest BCUT2D eigenvalue weighted by atomic mass is 10.2. The molecule has 4 nitrogen and oxygen atoms in total. The van der Waals surface area contributed by atoms with Gasteiger partial charge < -0.3 is 10.4 Å². The highest BCUT2D eigenvalue weighted by Gasteiger charge is 2.51. The fourth-order valence-corrected chi connectivity index (χ4v) is 2.49. The summed E-state index contributed by atoms with van der Waals surface area (Å²) in [6.07, 6.45) is 1.25. The number of benzene rings is 1. The predicted molar refractivity (Wildman–Crippen MR) is 69.5 cm³/mol. The molecule has 1 fully saturated rings. The van der Waals surface area contributed by atoms with Crippen LogP contribution in [-0.4, -0.2) is 28.3 Å². The molecule has 6 heteroatoms. The van der Waals surface area contributed by atoms with Gasteiger partial charge in [-0.1, -0.05) is 0 Å². The summed E-state index contributed by atoms with van der Waals surface area (Å²) in [5.74, 6) is -0.978. The monoisotopic (exact) mass is 283 g/mol. The Balaban J connectivity index is 1.72. The van der Waals surface area contributed by atoms with Gasteiger partial charge in [-0.3, -0.25) is 4.79 Å². The van der Waals surface area contributed by atoms with E-state index >= 15 is 0 Å². The summed E-state index contributed by atoms with van der Waals surface area (Å²) >= 11 is 1.44. The Kier molecular flexibility index (Phi) is 4.09. The standard InChI is InChI=1S/C13H14FNO3S/c14-9-1-3-10(4-2-9)19-8-5-11(16)15-13(6-7-13)12(17)18/h1-4H,5-8H2,(H,15,16)(H,17,18). The van der Waals surface area contributed by atoms with Crippen molar-refractivity contribution in [1.29, 1.82) is 0 Å². The molecule has 1 aromatic carbocycles. The zero-order valence-electron chi connectivity index (χ0n) is 10.2. The van der Waals surface area contributed by atoms with E-state index in [9.17, 15) is 14.0 Å². The zero-order chi connectivity index (χ0) is 13.9. The first-order chi connectivity index (χ1) is 9.02. The molecule has 19 heavy (non-hydrogen) atoms. The van der Waals surface area contributed by atoms with Crippen LogP contribution in [0.4, 0.5) is 4.39 Å². The number of hydrogen-bond acceptors (Lipinski definition) is 3. The van der Waals surface area contributed by atoms with Gasteiger partial charge in [0.15, 0.2) is 0 Å². The van der Waals surface area contributed by atoms with Gasteiger partial charge in [0.1, 0.15) is 11.4 Å². The van der Waals surface area contributed by atoms with Crippen LogP contribution in [0.2, 0.25) is 0 Å². The van der Waals surface area contributed by atoms with Crippen LogP contribution in [0.3, 0.4) is 0 Å². The Labute approximate surface area is 114 Å². The number of carbonyl (C=O) groups is 2. The van der Waals surface area contributed by atoms with Gasteiger partial charge in [0.2, 0.25) is 5.91 Å². The molecule has 1 aromatic rings. The van der Waals surface area contributed by atoms with Crippen LogP contribution >= 0.6 is 11.8 Å². The van der Waals surface area contributed by atoms with Crippen molar-refractivity contribution in [2.45, 2.75) is 29.7 Å². The molecule has 0 unspecified atom stereocenters. The van der Waals surface area contributed by atoms with E-state index in [-0.39, 0.29) is 18.1 Å². The third kappa shape index (κ3) is 3.70. The van der Waals surface area contributed by atoms with Crippen LogP contribution in [0.15, 0.2) is 29.2 Å². The number of carboxylic acids is 1. The van der Waals surface area contributed by atoms with Crippen LogP contribution in [0.25, 0.3) is 0 Å². The number of rotatable bonds is 6. The lowest BCUT2D eigenvalue weighted by molar-refractivity contribution is -0.143. The van der Waals surface area contributed by atoms with Crippen molar-refractivity contribution < 1.29 is 19.1 Å². The van der Waals surface area contributed by atoms with Crippen LogP contribution in [-0.2, 0) is 9.59 Å². The number of halogens is 1. The second-order valence-corrected chi connectivity index (χ2v) is 5.66. The van der Waals surface area contributed by atoms with Gasteiger partial charge >= 0.3 is 5.97 Å². The molecule has 1 aliphatic rings. The molecule has 0 heterocycles. The molecule has 0 saturated heterocycles. The molecule has 102 valence electrons. The van der Waals surface area contributed by atoms with Crippen molar-refractivity contribution >= 4 is 23.6 Å². The Bertz CT molecular complexity index is 485. The minimum atomic E-state index is -1.02. The maximum atomic E-state index is 12.7. The molecule has 1 amide bonds. The Morgan fingerprint density at radius 1 is 1.32 bits per heavy atom. The summed E-state index contributed by atoms with van der Waals surface area (Å²) in [7, 11) is 0. The molecule has 1 aliphatic carbocycles. The third-order valence-corrected chi connectivity index (χ3v) is 3.96. The van der Waals surface area contributed by atoms with Gasteiger partial charge in [-0.15, -0.1) is 11.8 Å². The van der Waals surface area contributed by atoms with E-state index in [1.165, 1.54) is 23.9 Å². The number of carboxylic acid groups (broad SMARTS) is 1. The lowest BCUT2D eigenvalue weighted by Gasteiger charge is -2.12. The summed E-state index contributed by atoms with van der Waals surface area (Å²) in [6.45, 7) is 0. The largest absolute Gasteiger partial charge is 0.480 e. The minimum Gasteiger partial charge on any atom is -0.480 e. The van der Waals surface area contributed by atoms with Gasteiger partial charge in [-0.25, -0.2) is 9.18 Å². The van der Waals surface area contributed by atoms with Crippen LogP contribution < -0.4 is 5.32 Å². The highest BCUT2D eigenvalue weighted by Crippen LogP contribution is 2.35. The number of thioether (sulfide) groups is 1. The molecule has 0 aliphatic heterocycles. The summed E-state index contributed by atoms with van der Waals surface area (Å²) in [5, 5.41) is 11.5. The first-order valence-corrected chi connectivity index (χ1v) is 6.93. The number of aliphatic carboxylic acids is 1. The van der Waals surface area contributed by atoms with Crippen LogP contribution in [0, 0.1) is 5.82 Å². The number of amides is 1. The SMILES string of the molecule is O=C(CCSc1ccc(F)cc1)NC1(C(=O)O)CC1. The van der Waals surface area contributed by atoms with Gasteiger partial charge in [-0.05, 0) is 37.1 Å². The Morgan fingerprint density at radius 3 is 2.47 bits per heavy atom. The second-order valence-electron chi connectivity index (χ2n) is 4.49. The fourth-order valence-electron chi connectivity index (χ4n) is 1.64. The Morgan fingerprint density at radius 2 is 1.95 bits per heavy atom. The number of carbonyl (C=O) groups excluding carboxylic acids is 1. The molecule has 0 aromatic heterocycles. The molecule has 2 rings (SSSR count). The van der Waals surface area contributed by atoms with Crippen molar-refractivity contribution in [2.75, 3.05) is 5.75 Å². The molecular formula is C13H14FNO3S. The smallest absolute Gasteiger partial charge is 0.329 e. The van der Waals surface area contributed by atoms with Crippen molar-refractivity contribution in [1.82, 2.24) is 5.32 Å². The minimum absolute atomic E-state index is 0.247. The molecule has 1 saturated carbocycles. The highest BCUT2D eigenvalue weighted by molar-refractivity contribution is 7.99. The summed E-state index contributed by atoms with van der Waals surface area (Å²) in [6, 6.07) is 6.03. The van der Waals surface area contributed by atoms with Crippen molar-refractivity contribution in [2.24, 2.45) is 0 Å². The fraction of sp³-hybridized carbons (Fsp3) is 0.385. The number of nitrogens with one attached hydrogen (secondary N) is 1. The van der Waals surface area contributed by atoms with Gasteiger partial charge in [-0.2, -0.15) is 0 Å². The van der Waals surface area contributed by atoms with E-state index in [2.05, 4.69) is 5.32 Å². The first kappa shape index (κ1) is 13.9. The maximum Gasteiger partial charge on any atom is 0.329 e. The van der Waals surface area contributed by atoms with Crippen molar-refractivity contribution in [3.05, 3.63) is 30.1 Å². The molecule has 0 radical (unpaired) electrons. The van der Waals surface area contributed by atoms with Crippen LogP contribution in [0.5, 0.6) is 0 Å². The van der Waals surface area contributed by atoms with Crippen LogP contribution in [0.1, 0.15) is 19.3 Å². The average molecular weight is 283 g/mol. The van der Waals surface area contributed by atoms with E-state index in [4.69, 9.17) is 5.11 Å². The van der Waals surface area contributed by atoms with Gasteiger partial charge in [0, 0.05) is 17.1 Å². The topological polar surface area (TPSA) is 66.4 Å². The maximum absolute atomic E-state index is 12.7. The van der Waals surface area contributed by atoms with Crippen molar-refractivity contribution in [3.63, 3.8) is 0 Å². The number of hydrogen-bond donors (Lipinski definition) is 2. The van der Waals surface area contributed by atoms with E-state index in [0.717, 1.165) is 4.90 Å². The highest BCUT2D eigenvalue weighted by atomic mass is 32.2. The van der Waals surface area contributed by atoms with E-state index < -0.39 is 11.5 Å². The quantitative estimate of drug-likeness (QED) is 0.784. The average Bonchev–Trinajstić information content (AvgIpc) is 3.13. The van der Waals surface area contributed by atoms with E-state index in [1.807, 2.05) is 0 Å². The Hall–Kier alpha value is -1.56. The summed E-state index contributed by atoms with van der Waals surface area (Å²) in [5.41, 5.74) is -1.02. The molecule has 2 N–H and O–H groups in total. The normalized spacial score (nSPS) is 15.8. The van der Waals surface area contributed by atoms with Gasteiger partial charge in [0.05, 0.1) is 0 Å². The first-order valence-electron chi connectivity index (χ1n) is 5.95.